The molecule has 2 atom stereocenters. The summed E-state index contributed by atoms with van der Waals surface area (Å²) in [5.74, 6) is 0. The predicted molar refractivity (Wildman–Crippen MR) is 99.2 cm³/mol. The maximum Gasteiger partial charge on any atom is 0.495 e. The van der Waals surface area contributed by atoms with E-state index in [0.29, 0.717) is 0 Å². The van der Waals surface area contributed by atoms with Crippen molar-refractivity contribution >= 4 is 13.3 Å². The highest BCUT2D eigenvalue weighted by atomic mass is 16.7. The second-order valence-electron chi connectivity index (χ2n) is 8.75. The van der Waals surface area contributed by atoms with Crippen LogP contribution in [-0.2, 0) is 14.0 Å². The second-order valence-corrected chi connectivity index (χ2v) is 8.75. The molecule has 0 aromatic rings. The van der Waals surface area contributed by atoms with Gasteiger partial charge in [0, 0.05) is 6.61 Å². The summed E-state index contributed by atoms with van der Waals surface area (Å²) in [6.07, 6.45) is 10.7. The summed E-state index contributed by atoms with van der Waals surface area (Å²) in [5.41, 5.74) is 1.43. The Kier molecular flexibility index (Phi) is 3.95. The van der Waals surface area contributed by atoms with Crippen molar-refractivity contribution in [3.63, 3.8) is 0 Å². The first kappa shape index (κ1) is 17.3. The van der Waals surface area contributed by atoms with Crippen molar-refractivity contribution in [2.75, 3.05) is 6.61 Å². The fourth-order valence-electron chi connectivity index (χ4n) is 4.09. The normalized spacial score (nSPS) is 36.3. The molecule has 0 aromatic carbocycles. The summed E-state index contributed by atoms with van der Waals surface area (Å²) in [7, 11) is -0.352. The molecule has 2 unspecified atom stereocenters. The van der Waals surface area contributed by atoms with Gasteiger partial charge >= 0.3 is 7.12 Å². The third kappa shape index (κ3) is 2.61. The summed E-state index contributed by atoms with van der Waals surface area (Å²) < 4.78 is 18.6. The number of hydrogen-bond acceptors (Lipinski definition) is 5. The van der Waals surface area contributed by atoms with Crippen molar-refractivity contribution in [3.05, 3.63) is 23.2 Å². The lowest BCUT2D eigenvalue weighted by Crippen LogP contribution is -2.50. The molecule has 0 bridgehead atoms. The molecule has 2 fully saturated rings. The van der Waals surface area contributed by atoms with Gasteiger partial charge in [-0.2, -0.15) is 5.10 Å². The Morgan fingerprint density at radius 1 is 1.12 bits per heavy atom. The number of fused-ring (bicyclic) bond motifs is 1. The third-order valence-electron chi connectivity index (χ3n) is 6.46. The van der Waals surface area contributed by atoms with Crippen LogP contribution in [0.1, 0.15) is 60.3 Å². The lowest BCUT2D eigenvalue weighted by Gasteiger charge is -2.42. The van der Waals surface area contributed by atoms with Crippen molar-refractivity contribution in [1.29, 1.82) is 0 Å². The van der Waals surface area contributed by atoms with Crippen molar-refractivity contribution in [3.8, 4) is 0 Å². The van der Waals surface area contributed by atoms with Crippen LogP contribution in [-0.4, -0.2) is 47.9 Å². The summed E-state index contributed by atoms with van der Waals surface area (Å²) >= 11 is 0. The van der Waals surface area contributed by atoms with Crippen molar-refractivity contribution in [2.24, 2.45) is 5.10 Å². The zero-order valence-corrected chi connectivity index (χ0v) is 16.0. The largest absolute Gasteiger partial charge is 0.495 e. The number of nitrogens with zero attached hydrogens (tertiary/aromatic N) is 2. The quantitative estimate of drug-likeness (QED) is 0.720. The average Bonchev–Trinajstić information content (AvgIpc) is 3.01. The molecule has 3 aliphatic heterocycles. The van der Waals surface area contributed by atoms with Crippen molar-refractivity contribution < 1.29 is 14.0 Å². The van der Waals surface area contributed by atoms with Gasteiger partial charge in [0.1, 0.15) is 6.23 Å². The zero-order chi connectivity index (χ0) is 17.9. The van der Waals surface area contributed by atoms with Gasteiger partial charge in [0.05, 0.1) is 23.0 Å². The minimum Gasteiger partial charge on any atom is -0.399 e. The average molecular weight is 344 g/mol. The van der Waals surface area contributed by atoms with Crippen LogP contribution in [0, 0.1) is 0 Å². The number of allylic oxidation sites excluding steroid dienone is 2. The zero-order valence-electron chi connectivity index (χ0n) is 16.0. The van der Waals surface area contributed by atoms with Crippen LogP contribution in [0.25, 0.3) is 0 Å². The Morgan fingerprint density at radius 2 is 1.84 bits per heavy atom. The molecule has 1 aliphatic carbocycles. The second kappa shape index (κ2) is 5.70. The van der Waals surface area contributed by atoms with E-state index in [2.05, 4.69) is 51.8 Å². The van der Waals surface area contributed by atoms with Gasteiger partial charge in [-0.3, -0.25) is 5.01 Å². The minimum atomic E-state index is -0.352. The van der Waals surface area contributed by atoms with Crippen LogP contribution < -0.4 is 0 Å². The summed E-state index contributed by atoms with van der Waals surface area (Å²) in [4.78, 5) is 0. The van der Waals surface area contributed by atoms with Crippen LogP contribution in [0.15, 0.2) is 28.3 Å². The fourth-order valence-corrected chi connectivity index (χ4v) is 4.09. The molecule has 5 nitrogen and oxygen atoms in total. The van der Waals surface area contributed by atoms with E-state index in [0.717, 1.165) is 31.3 Å². The predicted octanol–water partition coefficient (Wildman–Crippen LogP) is 3.46. The van der Waals surface area contributed by atoms with Crippen LogP contribution in [0.4, 0.5) is 0 Å². The SMILES string of the molecule is CC12CC=CC(B3OC(C)(C)C(C)(C)O3)=C1C=NN2C1CCCCO1. The van der Waals surface area contributed by atoms with Crippen molar-refractivity contribution in [1.82, 2.24) is 5.01 Å². The number of hydrogen-bond donors (Lipinski definition) is 0. The third-order valence-corrected chi connectivity index (χ3v) is 6.46. The molecule has 4 aliphatic rings. The molecule has 0 saturated carbocycles. The van der Waals surface area contributed by atoms with Gasteiger partial charge in [-0.05, 0) is 71.3 Å². The maximum atomic E-state index is 6.29. The topological polar surface area (TPSA) is 43.3 Å². The lowest BCUT2D eigenvalue weighted by molar-refractivity contribution is -0.112. The van der Waals surface area contributed by atoms with E-state index < -0.39 is 0 Å². The molecule has 0 spiro atoms. The van der Waals surface area contributed by atoms with Crippen LogP contribution >= 0.6 is 0 Å². The molecule has 2 saturated heterocycles. The van der Waals surface area contributed by atoms with Crippen LogP contribution in [0.3, 0.4) is 0 Å². The van der Waals surface area contributed by atoms with E-state index in [1.165, 1.54) is 12.0 Å². The number of ether oxygens (including phenoxy) is 1. The smallest absolute Gasteiger partial charge is 0.399 e. The van der Waals surface area contributed by atoms with Crippen LogP contribution in [0.5, 0.6) is 0 Å². The molecule has 6 heteroatoms. The number of hydrazone groups is 1. The minimum absolute atomic E-state index is 0.0681. The number of rotatable bonds is 2. The molecule has 0 amide bonds. The molecular weight excluding hydrogens is 315 g/mol. The molecule has 136 valence electrons. The maximum absolute atomic E-state index is 6.29. The molecule has 25 heavy (non-hydrogen) atoms. The van der Waals surface area contributed by atoms with Gasteiger partial charge < -0.3 is 14.0 Å². The highest BCUT2D eigenvalue weighted by Crippen LogP contribution is 2.45. The lowest BCUT2D eigenvalue weighted by atomic mass is 9.67. The van der Waals surface area contributed by atoms with Gasteiger partial charge in [-0.15, -0.1) is 0 Å². The Bertz CT molecular complexity index is 633. The fraction of sp³-hybridized carbons (Fsp3) is 0.737. The van der Waals surface area contributed by atoms with E-state index in [4.69, 9.17) is 19.1 Å². The highest BCUT2D eigenvalue weighted by molar-refractivity contribution is 6.56. The van der Waals surface area contributed by atoms with Gasteiger partial charge in [-0.25, -0.2) is 0 Å². The summed E-state index contributed by atoms with van der Waals surface area (Å²) in [6.45, 7) is 11.4. The van der Waals surface area contributed by atoms with Gasteiger partial charge in [0.25, 0.3) is 0 Å². The Hall–Kier alpha value is -1.11. The van der Waals surface area contributed by atoms with Crippen molar-refractivity contribution in [2.45, 2.75) is 83.3 Å². The van der Waals surface area contributed by atoms with E-state index >= 15 is 0 Å². The molecule has 0 aromatic heterocycles. The summed E-state index contributed by atoms with van der Waals surface area (Å²) in [6, 6.07) is 0. The highest BCUT2D eigenvalue weighted by Gasteiger charge is 2.55. The monoisotopic (exact) mass is 344 g/mol. The van der Waals surface area contributed by atoms with E-state index in [-0.39, 0.29) is 30.1 Å². The van der Waals surface area contributed by atoms with Crippen LogP contribution in [0.2, 0.25) is 0 Å². The Balaban J connectivity index is 1.65. The van der Waals surface area contributed by atoms with E-state index in [1.807, 2.05) is 6.21 Å². The van der Waals surface area contributed by atoms with E-state index in [9.17, 15) is 0 Å². The van der Waals surface area contributed by atoms with Gasteiger partial charge in [0.15, 0.2) is 0 Å². The summed E-state index contributed by atoms with van der Waals surface area (Å²) in [5, 5.41) is 6.91. The molecule has 4 rings (SSSR count). The molecular formula is C19H29BN2O3. The first-order valence-electron chi connectivity index (χ1n) is 9.46. The molecule has 0 N–H and O–H groups in total. The van der Waals surface area contributed by atoms with Gasteiger partial charge in [0.2, 0.25) is 0 Å². The van der Waals surface area contributed by atoms with Gasteiger partial charge in [-0.1, -0.05) is 12.2 Å². The Morgan fingerprint density at radius 3 is 2.48 bits per heavy atom. The Labute approximate surface area is 151 Å². The molecule has 0 radical (unpaired) electrons. The van der Waals surface area contributed by atoms with E-state index in [1.54, 1.807) is 0 Å². The standard InChI is InChI=1S/C19H29BN2O3/c1-17(2)18(3,4)25-20(24-17)15-9-8-11-19(5)14(15)13-21-22(19)16-10-6-7-12-23-16/h8-9,13,16H,6-7,10-12H2,1-5H3. The first-order valence-corrected chi connectivity index (χ1v) is 9.46. The first-order chi connectivity index (χ1) is 11.7. The molecule has 3 heterocycles.